The molecule has 2 aliphatic rings. The summed E-state index contributed by atoms with van der Waals surface area (Å²) in [6.45, 7) is -0.277. The van der Waals surface area contributed by atoms with Crippen molar-refractivity contribution in [3.8, 4) is 0 Å². The maximum atomic E-state index is 12.4. The van der Waals surface area contributed by atoms with Crippen molar-refractivity contribution in [3.63, 3.8) is 0 Å². The number of hydrogen-bond donors (Lipinski definition) is 7. The maximum Gasteiger partial charge on any atom is 0.490 e. The summed E-state index contributed by atoms with van der Waals surface area (Å²) in [5.41, 5.74) is -1.85. The summed E-state index contributed by atoms with van der Waals surface area (Å²) in [7, 11) is -16.9. The fourth-order valence-electron chi connectivity index (χ4n) is 3.55. The molecule has 6 atom stereocenters. The van der Waals surface area contributed by atoms with Crippen molar-refractivity contribution in [2.45, 2.75) is 43.3 Å². The normalized spacial score (nSPS) is 29.5. The molecule has 35 heavy (non-hydrogen) atoms. The lowest BCUT2D eigenvalue weighted by Crippen LogP contribution is -2.38. The van der Waals surface area contributed by atoms with Crippen LogP contribution in [0, 0.1) is 0 Å². The van der Waals surface area contributed by atoms with Gasteiger partial charge in [0, 0.05) is 25.5 Å². The molecule has 18 nitrogen and oxygen atoms in total. The van der Waals surface area contributed by atoms with Crippen LogP contribution in [-0.4, -0.2) is 77.5 Å². The number of ether oxygens (including phenoxy) is 2. The van der Waals surface area contributed by atoms with Crippen LogP contribution in [0.1, 0.15) is 30.6 Å². The van der Waals surface area contributed by atoms with E-state index >= 15 is 0 Å². The van der Waals surface area contributed by atoms with E-state index in [9.17, 15) is 38.4 Å². The Bertz CT molecular complexity index is 1170. The zero-order valence-electron chi connectivity index (χ0n) is 17.6. The molecule has 2 aliphatic heterocycles. The predicted molar refractivity (Wildman–Crippen MR) is 110 cm³/mol. The lowest BCUT2D eigenvalue weighted by Gasteiger charge is -2.25. The van der Waals surface area contributed by atoms with E-state index in [0.29, 0.717) is 26.1 Å². The summed E-state index contributed by atoms with van der Waals surface area (Å²) in [4.78, 5) is 62.5. The largest absolute Gasteiger partial charge is 0.490 e. The molecule has 1 aromatic rings. The number of hydrogen-bond acceptors (Lipinski definition) is 12. The van der Waals surface area contributed by atoms with Gasteiger partial charge >= 0.3 is 29.2 Å². The third-order valence-corrected chi connectivity index (χ3v) is 8.87. The third kappa shape index (κ3) is 7.47. The van der Waals surface area contributed by atoms with Gasteiger partial charge < -0.3 is 39.3 Å². The highest BCUT2D eigenvalue weighted by molar-refractivity contribution is 7.66. The molecule has 2 fully saturated rings. The molecule has 4 unspecified atom stereocenters. The summed E-state index contributed by atoms with van der Waals surface area (Å²) >= 11 is 0. The fraction of sp³-hybridized carbons (Fsp3) is 0.714. The van der Waals surface area contributed by atoms with E-state index in [4.69, 9.17) is 24.2 Å². The Balaban J connectivity index is 1.72. The van der Waals surface area contributed by atoms with Crippen LogP contribution in [0.4, 0.5) is 0 Å². The summed E-state index contributed by atoms with van der Waals surface area (Å²) in [6, 6.07) is -0.309. The highest BCUT2D eigenvalue weighted by atomic mass is 31.3. The van der Waals surface area contributed by atoms with Crippen molar-refractivity contribution in [2.24, 2.45) is 0 Å². The van der Waals surface area contributed by atoms with Crippen LogP contribution in [0.3, 0.4) is 0 Å². The number of aromatic amines is 1. The van der Waals surface area contributed by atoms with Crippen molar-refractivity contribution in [2.75, 3.05) is 19.8 Å². The number of aromatic nitrogens is 2. The second-order valence-electron chi connectivity index (χ2n) is 7.56. The second kappa shape index (κ2) is 10.7. The predicted octanol–water partition coefficient (Wildman–Crippen LogP) is -1.61. The smallest absolute Gasteiger partial charge is 0.387 e. The number of phosphoric acid groups is 3. The zero-order valence-corrected chi connectivity index (χ0v) is 20.2. The molecule has 0 bridgehead atoms. The number of aliphatic hydroxyl groups is 2. The Morgan fingerprint density at radius 1 is 1.00 bits per heavy atom. The molecule has 0 saturated carbocycles. The van der Waals surface area contributed by atoms with E-state index in [1.54, 1.807) is 0 Å². The summed E-state index contributed by atoms with van der Waals surface area (Å²) in [5, 5.41) is 20.6. The molecule has 3 heterocycles. The van der Waals surface area contributed by atoms with Crippen LogP contribution in [0.15, 0.2) is 15.8 Å². The SMILES string of the molecule is O=c1[nH]c(=O)n(C2CCOCC2)cc1[C@@H]1O[C@H](COP(=O)(O)OP(=O)(O)OP(=O)(O)O)C(O)C1O. The molecule has 2 saturated heterocycles. The average molecular weight is 568 g/mol. The molecule has 3 rings (SSSR count). The standard InChI is InChI=1S/C14H23N2O16P3/c17-10-9(6-29-34(24,25)32-35(26,27)31-33(21,22)23)30-12(11(10)18)8-5-16(14(20)15-13(8)19)7-1-3-28-4-2-7/h5,7,9-12,17-18H,1-4,6H2,(H,24,25)(H,26,27)(H,15,19,20)(H2,21,22,23)/t9-,10?,11?,12+/m1/s1. The number of phosphoric ester groups is 1. The van der Waals surface area contributed by atoms with Crippen molar-refractivity contribution in [3.05, 3.63) is 32.6 Å². The van der Waals surface area contributed by atoms with Gasteiger partial charge in [-0.25, -0.2) is 18.5 Å². The van der Waals surface area contributed by atoms with E-state index < -0.39 is 65.7 Å². The Kier molecular flexibility index (Phi) is 8.74. The molecular formula is C14H23N2O16P3. The van der Waals surface area contributed by atoms with Crippen LogP contribution in [0.25, 0.3) is 0 Å². The van der Waals surface area contributed by atoms with Gasteiger partial charge in [-0.05, 0) is 12.8 Å². The van der Waals surface area contributed by atoms with Crippen molar-refractivity contribution < 1.29 is 66.1 Å². The van der Waals surface area contributed by atoms with E-state index in [1.807, 2.05) is 0 Å². The van der Waals surface area contributed by atoms with Gasteiger partial charge in [-0.1, -0.05) is 0 Å². The molecule has 1 aromatic heterocycles. The van der Waals surface area contributed by atoms with E-state index in [0.717, 1.165) is 0 Å². The average Bonchev–Trinajstić information content (AvgIpc) is 2.99. The number of H-pyrrole nitrogens is 1. The minimum atomic E-state index is -5.76. The van der Waals surface area contributed by atoms with E-state index in [1.165, 1.54) is 10.8 Å². The van der Waals surface area contributed by atoms with Gasteiger partial charge in [-0.15, -0.1) is 0 Å². The lowest BCUT2D eigenvalue weighted by molar-refractivity contribution is -0.0229. The number of nitrogens with one attached hydrogen (secondary N) is 1. The van der Waals surface area contributed by atoms with Gasteiger partial charge in [0.05, 0.1) is 12.2 Å². The molecule has 0 spiro atoms. The molecule has 21 heteroatoms. The van der Waals surface area contributed by atoms with Gasteiger partial charge in [0.1, 0.15) is 24.4 Å². The Hall–Kier alpha value is -1.07. The van der Waals surface area contributed by atoms with Gasteiger partial charge in [-0.2, -0.15) is 8.62 Å². The van der Waals surface area contributed by atoms with E-state index in [2.05, 4.69) is 18.1 Å². The first-order valence-corrected chi connectivity index (χ1v) is 14.3. The first-order valence-electron chi connectivity index (χ1n) is 9.81. The molecule has 0 radical (unpaired) electrons. The van der Waals surface area contributed by atoms with Crippen LogP contribution >= 0.6 is 23.5 Å². The summed E-state index contributed by atoms with van der Waals surface area (Å²) < 4.78 is 57.3. The second-order valence-corrected chi connectivity index (χ2v) is 12.0. The lowest BCUT2D eigenvalue weighted by atomic mass is 10.0. The Labute approximate surface area is 195 Å². The summed E-state index contributed by atoms with van der Waals surface area (Å²) in [5.74, 6) is 0. The molecule has 0 aromatic carbocycles. The Morgan fingerprint density at radius 2 is 1.63 bits per heavy atom. The van der Waals surface area contributed by atoms with Crippen LogP contribution in [0.5, 0.6) is 0 Å². The van der Waals surface area contributed by atoms with Gasteiger partial charge in [-0.3, -0.25) is 18.9 Å². The van der Waals surface area contributed by atoms with Crippen LogP contribution in [-0.2, 0) is 36.3 Å². The monoisotopic (exact) mass is 568 g/mol. The van der Waals surface area contributed by atoms with Crippen molar-refractivity contribution in [1.82, 2.24) is 9.55 Å². The molecule has 200 valence electrons. The minimum absolute atomic E-state index is 0.233. The first kappa shape index (κ1) is 28.5. The molecule has 0 amide bonds. The number of nitrogens with zero attached hydrogens (tertiary/aromatic N) is 1. The summed E-state index contributed by atoms with van der Waals surface area (Å²) in [6.07, 6.45) is -4.52. The van der Waals surface area contributed by atoms with Gasteiger partial charge in [0.15, 0.2) is 0 Å². The topological polar surface area (TPSA) is 274 Å². The van der Waals surface area contributed by atoms with Crippen LogP contribution in [0.2, 0.25) is 0 Å². The highest BCUT2D eigenvalue weighted by Crippen LogP contribution is 2.66. The number of rotatable bonds is 9. The van der Waals surface area contributed by atoms with Gasteiger partial charge in [0.2, 0.25) is 0 Å². The van der Waals surface area contributed by atoms with Gasteiger partial charge in [0.25, 0.3) is 5.56 Å². The minimum Gasteiger partial charge on any atom is -0.387 e. The first-order chi connectivity index (χ1) is 16.1. The molecular weight excluding hydrogens is 545 g/mol. The Morgan fingerprint density at radius 3 is 2.23 bits per heavy atom. The zero-order chi connectivity index (χ0) is 26.2. The molecule has 0 aliphatic carbocycles. The quantitative estimate of drug-likeness (QED) is 0.165. The van der Waals surface area contributed by atoms with E-state index in [-0.39, 0.29) is 11.6 Å². The molecule has 7 N–H and O–H groups in total. The van der Waals surface area contributed by atoms with Crippen molar-refractivity contribution in [1.29, 1.82) is 0 Å². The number of aliphatic hydroxyl groups excluding tert-OH is 2. The third-order valence-electron chi connectivity index (χ3n) is 5.07. The van der Waals surface area contributed by atoms with Crippen LogP contribution < -0.4 is 11.2 Å². The fourth-order valence-corrected chi connectivity index (χ4v) is 6.58. The maximum absolute atomic E-state index is 12.4. The highest BCUT2D eigenvalue weighted by Gasteiger charge is 2.47. The van der Waals surface area contributed by atoms with Crippen molar-refractivity contribution >= 4 is 23.5 Å².